The van der Waals surface area contributed by atoms with Crippen LogP contribution in [0.15, 0.2) is 23.4 Å². The van der Waals surface area contributed by atoms with Gasteiger partial charge < -0.3 is 49.7 Å². The average molecular weight is 629 g/mol. The monoisotopic (exact) mass is 628 g/mol. The normalized spacial score (nSPS) is 29.5. The van der Waals surface area contributed by atoms with E-state index in [2.05, 4.69) is 30.2 Å². The third-order valence-corrected chi connectivity index (χ3v) is 8.60. The molecule has 8 atom stereocenters. The number of aliphatic hydroxyl groups excluding tert-OH is 2. The van der Waals surface area contributed by atoms with Gasteiger partial charge in [0.1, 0.15) is 30.0 Å². The highest BCUT2D eigenvalue weighted by Crippen LogP contribution is 2.50. The van der Waals surface area contributed by atoms with Crippen molar-refractivity contribution in [2.75, 3.05) is 24.7 Å². The Labute approximate surface area is 239 Å². The summed E-state index contributed by atoms with van der Waals surface area (Å²) in [7, 11) is 0. The standard InChI is InChI=1S/C21H26FN10O8PS/c22-12-14(34)10(39-20(12)31-3-1-9-15(23)25-7-26-16(9)31)2-4-37-41(36,42)40-11-5-8(6-33)38-19(11)32-17-13(29-30-32)18(35)28-21(24)27-17/h1,3,7-8,10-12,14,19-20,33-34H,2,4-6H2,(H,36,42)(H2,23,25,26)(H3,24,27,28,35)/t8-,10+,11+,12-,14+,19+,20+,41?/m0/s1. The molecule has 2 aliphatic rings. The number of anilines is 2. The molecule has 0 aromatic carbocycles. The van der Waals surface area contributed by atoms with Crippen LogP contribution in [0.2, 0.25) is 0 Å². The second-order valence-corrected chi connectivity index (χ2v) is 12.5. The molecule has 2 saturated heterocycles. The number of halogens is 1. The summed E-state index contributed by atoms with van der Waals surface area (Å²) < 4.78 is 40.4. The first-order valence-corrected chi connectivity index (χ1v) is 15.2. The summed E-state index contributed by atoms with van der Waals surface area (Å²) in [5.74, 6) is 0.0369. The molecule has 2 aliphatic heterocycles. The molecule has 6 heterocycles. The lowest BCUT2D eigenvalue weighted by Crippen LogP contribution is -2.29. The van der Waals surface area contributed by atoms with Crippen LogP contribution in [0.3, 0.4) is 0 Å². The van der Waals surface area contributed by atoms with Gasteiger partial charge in [0.05, 0.1) is 30.8 Å². The highest BCUT2D eigenvalue weighted by atomic mass is 32.5. The van der Waals surface area contributed by atoms with E-state index in [4.69, 9.17) is 41.8 Å². The van der Waals surface area contributed by atoms with Gasteiger partial charge in [-0.05, 0) is 17.9 Å². The number of nitrogen functional groups attached to an aromatic ring is 2. The first-order chi connectivity index (χ1) is 20.1. The molecular formula is C21H26FN10O8PS. The number of ether oxygens (including phenoxy) is 2. The fraction of sp³-hybridized carbons (Fsp3) is 0.524. The van der Waals surface area contributed by atoms with Gasteiger partial charge in [-0.25, -0.2) is 14.4 Å². The third kappa shape index (κ3) is 5.25. The number of hydrogen-bond donors (Lipinski definition) is 6. The van der Waals surface area contributed by atoms with Crippen LogP contribution in [0.5, 0.6) is 0 Å². The average Bonchev–Trinajstić information content (AvgIpc) is 3.71. The Hall–Kier alpha value is -3.20. The van der Waals surface area contributed by atoms with Crippen LogP contribution >= 0.6 is 6.72 Å². The Bertz CT molecular complexity index is 1720. The summed E-state index contributed by atoms with van der Waals surface area (Å²) >= 11 is 5.18. The highest BCUT2D eigenvalue weighted by molar-refractivity contribution is 8.07. The van der Waals surface area contributed by atoms with E-state index in [0.717, 1.165) is 4.68 Å². The number of aromatic amines is 1. The number of aromatic nitrogens is 8. The van der Waals surface area contributed by atoms with Crippen molar-refractivity contribution in [1.29, 1.82) is 0 Å². The van der Waals surface area contributed by atoms with Crippen molar-refractivity contribution in [3.05, 3.63) is 28.9 Å². The summed E-state index contributed by atoms with van der Waals surface area (Å²) in [4.78, 5) is 37.3. The molecule has 4 aromatic rings. The minimum atomic E-state index is -3.96. The molecule has 0 spiro atoms. The number of nitrogens with zero attached hydrogens (tertiary/aromatic N) is 7. The molecular weight excluding hydrogens is 602 g/mol. The third-order valence-electron chi connectivity index (χ3n) is 6.98. The molecule has 0 aliphatic carbocycles. The molecule has 0 bridgehead atoms. The molecule has 6 rings (SSSR count). The van der Waals surface area contributed by atoms with E-state index in [1.54, 1.807) is 6.07 Å². The van der Waals surface area contributed by atoms with Crippen molar-refractivity contribution in [1.82, 2.24) is 39.5 Å². The maximum absolute atomic E-state index is 15.1. The predicted molar refractivity (Wildman–Crippen MR) is 145 cm³/mol. The summed E-state index contributed by atoms with van der Waals surface area (Å²) in [5.41, 5.74) is 11.1. The quantitative estimate of drug-likeness (QED) is 0.122. The van der Waals surface area contributed by atoms with Gasteiger partial charge >= 0.3 is 6.72 Å². The second kappa shape index (κ2) is 11.1. The molecule has 0 saturated carbocycles. The van der Waals surface area contributed by atoms with Crippen LogP contribution < -0.4 is 17.0 Å². The molecule has 226 valence electrons. The molecule has 21 heteroatoms. The SMILES string of the molecule is Nc1nc2c(nnn2[C@@H]2O[C@H](CO)C[C@H]2OP(O)(=S)OCC[C@H]2O[C@@H](n3ccc4c(N)ncnc43)[C@@H](F)[C@@H]2O)c(=O)[nH]1. The number of H-pyrrole nitrogens is 1. The van der Waals surface area contributed by atoms with E-state index < -0.39 is 55.3 Å². The van der Waals surface area contributed by atoms with Gasteiger partial charge in [0, 0.05) is 19.0 Å². The molecule has 4 aromatic heterocycles. The number of hydrogen-bond acceptors (Lipinski definition) is 15. The van der Waals surface area contributed by atoms with Gasteiger partial charge in [0.25, 0.3) is 5.56 Å². The fourth-order valence-electron chi connectivity index (χ4n) is 5.02. The minimum Gasteiger partial charge on any atom is -0.394 e. The van der Waals surface area contributed by atoms with E-state index in [1.165, 1.54) is 17.1 Å². The molecule has 0 amide bonds. The molecule has 42 heavy (non-hydrogen) atoms. The Morgan fingerprint density at radius 2 is 2.07 bits per heavy atom. The smallest absolute Gasteiger partial charge is 0.324 e. The fourth-order valence-corrected chi connectivity index (χ4v) is 6.50. The minimum absolute atomic E-state index is 0.00656. The Morgan fingerprint density at radius 1 is 1.26 bits per heavy atom. The molecule has 1 unspecified atom stereocenters. The van der Waals surface area contributed by atoms with Crippen molar-refractivity contribution in [3.8, 4) is 0 Å². The van der Waals surface area contributed by atoms with Crippen LogP contribution in [0, 0.1) is 0 Å². The van der Waals surface area contributed by atoms with Gasteiger partial charge in [0.15, 0.2) is 29.8 Å². The number of nitrogens with one attached hydrogen (secondary N) is 1. The van der Waals surface area contributed by atoms with Crippen molar-refractivity contribution < 1.29 is 38.0 Å². The maximum Gasteiger partial charge on any atom is 0.324 e. The first-order valence-electron chi connectivity index (χ1n) is 12.6. The molecule has 0 radical (unpaired) electrons. The molecule has 18 nitrogen and oxygen atoms in total. The Morgan fingerprint density at radius 3 is 2.86 bits per heavy atom. The summed E-state index contributed by atoms with van der Waals surface area (Å²) in [6.45, 7) is -4.60. The van der Waals surface area contributed by atoms with Crippen LogP contribution in [0.25, 0.3) is 22.2 Å². The van der Waals surface area contributed by atoms with Crippen molar-refractivity contribution in [3.63, 3.8) is 0 Å². The lowest BCUT2D eigenvalue weighted by atomic mass is 10.1. The largest absolute Gasteiger partial charge is 0.394 e. The lowest BCUT2D eigenvalue weighted by Gasteiger charge is -2.24. The van der Waals surface area contributed by atoms with E-state index in [-0.39, 0.29) is 49.0 Å². The Balaban J connectivity index is 1.11. The predicted octanol–water partition coefficient (Wildman–Crippen LogP) is -0.991. The first kappa shape index (κ1) is 28.9. The van der Waals surface area contributed by atoms with Gasteiger partial charge in [-0.3, -0.25) is 9.78 Å². The number of fused-ring (bicyclic) bond motifs is 2. The van der Waals surface area contributed by atoms with Gasteiger partial charge in [0.2, 0.25) is 5.95 Å². The number of aliphatic hydroxyl groups is 2. The van der Waals surface area contributed by atoms with E-state index in [0.29, 0.717) is 11.0 Å². The second-order valence-electron chi connectivity index (χ2n) is 9.68. The molecule has 8 N–H and O–H groups in total. The van der Waals surface area contributed by atoms with Crippen LogP contribution in [-0.2, 0) is 30.3 Å². The number of alkyl halides is 1. The topological polar surface area (TPSA) is 257 Å². The summed E-state index contributed by atoms with van der Waals surface area (Å²) in [6.07, 6.45) is -5.49. The number of nitrogens with two attached hydrogens (primary N) is 2. The Kier molecular flexibility index (Phi) is 7.66. The maximum atomic E-state index is 15.1. The van der Waals surface area contributed by atoms with Gasteiger partial charge in [-0.2, -0.15) is 9.67 Å². The van der Waals surface area contributed by atoms with Gasteiger partial charge in [-0.1, -0.05) is 5.21 Å². The van der Waals surface area contributed by atoms with E-state index in [9.17, 15) is 19.9 Å². The van der Waals surface area contributed by atoms with Gasteiger partial charge in [-0.15, -0.1) is 5.10 Å². The molecule has 2 fully saturated rings. The summed E-state index contributed by atoms with van der Waals surface area (Å²) in [5, 5.41) is 28.4. The zero-order valence-corrected chi connectivity index (χ0v) is 23.2. The summed E-state index contributed by atoms with van der Waals surface area (Å²) in [6, 6.07) is 1.62. The van der Waals surface area contributed by atoms with Crippen molar-refractivity contribution in [2.24, 2.45) is 0 Å². The van der Waals surface area contributed by atoms with Crippen molar-refractivity contribution in [2.45, 2.75) is 55.9 Å². The van der Waals surface area contributed by atoms with E-state index in [1.807, 2.05) is 0 Å². The lowest BCUT2D eigenvalue weighted by molar-refractivity contribution is -0.0544. The van der Waals surface area contributed by atoms with Crippen LogP contribution in [0.4, 0.5) is 16.2 Å². The zero-order valence-electron chi connectivity index (χ0n) is 21.5. The van der Waals surface area contributed by atoms with E-state index >= 15 is 4.39 Å². The van der Waals surface area contributed by atoms with Crippen molar-refractivity contribution >= 4 is 52.5 Å². The highest BCUT2D eigenvalue weighted by Gasteiger charge is 2.46. The number of rotatable bonds is 9. The van der Waals surface area contributed by atoms with Crippen LogP contribution in [-0.4, -0.2) is 98.4 Å². The zero-order chi connectivity index (χ0) is 29.8. The van der Waals surface area contributed by atoms with Crippen LogP contribution in [0.1, 0.15) is 25.3 Å².